The summed E-state index contributed by atoms with van der Waals surface area (Å²) in [6, 6.07) is 116. The molecule has 6 nitrogen and oxygen atoms in total. The van der Waals surface area contributed by atoms with E-state index in [2.05, 4.69) is 337 Å². The lowest BCUT2D eigenvalue weighted by molar-refractivity contribution is 1.07. The molecule has 6 heteroatoms. The van der Waals surface area contributed by atoms with Gasteiger partial charge in [-0.25, -0.2) is 19.9 Å². The lowest BCUT2D eigenvalue weighted by atomic mass is 9.92. The van der Waals surface area contributed by atoms with Gasteiger partial charge in [0.15, 0.2) is 5.82 Å². The first-order valence-corrected chi connectivity index (χ1v) is 29.8. The average molecular weight is 1120 g/mol. The number of hydrogen-bond acceptors (Lipinski definition) is 4. The molecule has 16 rings (SSSR count). The summed E-state index contributed by atoms with van der Waals surface area (Å²) >= 11 is 0. The molecule has 88 heavy (non-hydrogen) atoms. The smallest absolute Gasteiger partial charge is 0.160 e. The second-order valence-electron chi connectivity index (χ2n) is 22.2. The van der Waals surface area contributed by atoms with Crippen LogP contribution in [0.5, 0.6) is 0 Å². The molecule has 0 bridgehead atoms. The van der Waals surface area contributed by atoms with Gasteiger partial charge >= 0.3 is 0 Å². The molecular formula is C82H54N6. The number of hydrogen-bond donors (Lipinski definition) is 0. The Bertz CT molecular complexity index is 5200. The largest absolute Gasteiger partial charge is 0.292 e. The summed E-state index contributed by atoms with van der Waals surface area (Å²) in [6.45, 7) is 0. The number of rotatable bonds is 12. The second-order valence-corrected chi connectivity index (χ2v) is 22.2. The maximum absolute atomic E-state index is 5.71. The van der Waals surface area contributed by atoms with Crippen molar-refractivity contribution in [2.75, 3.05) is 0 Å². The summed E-state index contributed by atoms with van der Waals surface area (Å²) < 4.78 is 4.61. The van der Waals surface area contributed by atoms with E-state index in [1.54, 1.807) is 0 Å². The van der Waals surface area contributed by atoms with Crippen LogP contribution in [0, 0.1) is 0 Å². The van der Waals surface area contributed by atoms with Crippen molar-refractivity contribution in [2.45, 2.75) is 0 Å². The van der Waals surface area contributed by atoms with Gasteiger partial charge in [0.05, 0.1) is 34.0 Å². The Hall–Kier alpha value is -11.9. The van der Waals surface area contributed by atoms with E-state index in [-0.39, 0.29) is 0 Å². The van der Waals surface area contributed by atoms with E-state index in [1.807, 2.05) is 0 Å². The topological polar surface area (TPSA) is 61.4 Å². The number of benzene rings is 13. The molecule has 0 aliphatic carbocycles. The third kappa shape index (κ3) is 9.52. The molecule has 3 heterocycles. The number of imidazole rings is 2. The molecule has 0 N–H and O–H groups in total. The molecule has 0 aliphatic rings. The van der Waals surface area contributed by atoms with Crippen molar-refractivity contribution in [1.82, 2.24) is 29.1 Å². The van der Waals surface area contributed by atoms with Crippen molar-refractivity contribution in [2.24, 2.45) is 0 Å². The number of aromatic nitrogens is 6. The van der Waals surface area contributed by atoms with Crippen molar-refractivity contribution >= 4 is 32.4 Å². The van der Waals surface area contributed by atoms with E-state index in [1.165, 1.54) is 16.2 Å². The van der Waals surface area contributed by atoms with Crippen LogP contribution in [0.25, 0.3) is 157 Å². The van der Waals surface area contributed by atoms with E-state index < -0.39 is 0 Å². The molecule has 0 radical (unpaired) electrons. The zero-order valence-electron chi connectivity index (χ0n) is 47.9. The maximum atomic E-state index is 5.71. The van der Waals surface area contributed by atoms with E-state index in [0.717, 1.165) is 135 Å². The predicted octanol–water partition coefficient (Wildman–Crippen LogP) is 21.0. The highest BCUT2D eigenvalue weighted by Crippen LogP contribution is 2.44. The number of nitrogens with zero attached hydrogens (tertiary/aromatic N) is 6. The van der Waals surface area contributed by atoms with Crippen LogP contribution in [-0.2, 0) is 0 Å². The van der Waals surface area contributed by atoms with Gasteiger partial charge < -0.3 is 0 Å². The number of fused-ring (bicyclic) bond motifs is 3. The van der Waals surface area contributed by atoms with Crippen LogP contribution in [0.2, 0.25) is 0 Å². The fourth-order valence-corrected chi connectivity index (χ4v) is 12.4. The highest BCUT2D eigenvalue weighted by Gasteiger charge is 2.26. The lowest BCUT2D eigenvalue weighted by Gasteiger charge is -2.17. The molecule has 0 spiro atoms. The highest BCUT2D eigenvalue weighted by molar-refractivity contribution is 6.06. The Morgan fingerprint density at radius 1 is 0.216 bits per heavy atom. The van der Waals surface area contributed by atoms with E-state index >= 15 is 0 Å². The molecule has 16 aromatic rings. The Balaban J connectivity index is 0.923. The quantitative estimate of drug-likeness (QED) is 0.122. The molecule has 0 amide bonds. The molecule has 3 aromatic heterocycles. The molecular weight excluding hydrogens is 1070 g/mol. The average Bonchev–Trinajstić information content (AvgIpc) is 1.90. The van der Waals surface area contributed by atoms with Gasteiger partial charge in [-0.15, -0.1) is 0 Å². The molecule has 0 saturated carbocycles. The first-order valence-electron chi connectivity index (χ1n) is 29.8. The van der Waals surface area contributed by atoms with Crippen LogP contribution >= 0.6 is 0 Å². The van der Waals surface area contributed by atoms with Gasteiger partial charge in [-0.2, -0.15) is 0 Å². The van der Waals surface area contributed by atoms with Crippen LogP contribution in [0.15, 0.2) is 328 Å². The van der Waals surface area contributed by atoms with Gasteiger partial charge in [0.2, 0.25) is 0 Å². The van der Waals surface area contributed by atoms with Crippen molar-refractivity contribution in [3.8, 4) is 124 Å². The summed E-state index contributed by atoms with van der Waals surface area (Å²) in [5.74, 6) is 2.31. The summed E-state index contributed by atoms with van der Waals surface area (Å²) in [5.41, 5.74) is 19.8. The molecule has 0 saturated heterocycles. The van der Waals surface area contributed by atoms with E-state index in [9.17, 15) is 0 Å². The zero-order chi connectivity index (χ0) is 58.3. The predicted molar refractivity (Wildman–Crippen MR) is 363 cm³/mol. The van der Waals surface area contributed by atoms with Gasteiger partial charge in [-0.05, 0) is 98.9 Å². The zero-order valence-corrected chi connectivity index (χ0v) is 47.9. The van der Waals surface area contributed by atoms with Crippen molar-refractivity contribution in [3.05, 3.63) is 328 Å². The first-order chi connectivity index (χ1) is 43.6. The Morgan fingerprint density at radius 2 is 0.580 bits per heavy atom. The fourth-order valence-electron chi connectivity index (χ4n) is 12.4. The van der Waals surface area contributed by atoms with E-state index in [0.29, 0.717) is 5.82 Å². The molecule has 0 atom stereocenters. The molecule has 0 unspecified atom stereocenters. The van der Waals surface area contributed by atoms with Gasteiger partial charge in [0, 0.05) is 66.8 Å². The van der Waals surface area contributed by atoms with Crippen LogP contribution < -0.4 is 0 Å². The monoisotopic (exact) mass is 1120 g/mol. The summed E-state index contributed by atoms with van der Waals surface area (Å²) in [7, 11) is 0. The summed E-state index contributed by atoms with van der Waals surface area (Å²) in [4.78, 5) is 22.4. The standard InChI is InChI=1S/C82H54N6/c1-7-25-57(26-8-1)75-78(60-29-11-3-12-30-60)87(81(85-75)63-33-15-5-16-34-63)70-47-43-59(44-48-70)74-73-54-69(67-41-39-55-23-19-21-37-65(55)51-67)53-72(68-42-40-56-24-20-22-38-66(56)52-68)77(73)84-80(83-74)62-45-49-71(50-46-62)88-79(61-31-13-4-14-32-61)76(58-27-9-2-10-28-58)86-82(88)64-35-17-6-18-36-64/h1-54H. The fraction of sp³-hybridized carbons (Fsp3) is 0. The Morgan fingerprint density at radius 3 is 1.05 bits per heavy atom. The maximum Gasteiger partial charge on any atom is 0.160 e. The van der Waals surface area contributed by atoms with Crippen LogP contribution in [-0.4, -0.2) is 29.1 Å². The third-order valence-electron chi connectivity index (χ3n) is 16.7. The van der Waals surface area contributed by atoms with Gasteiger partial charge in [0.25, 0.3) is 0 Å². The first kappa shape index (κ1) is 51.8. The summed E-state index contributed by atoms with van der Waals surface area (Å²) in [6.07, 6.45) is 0. The SMILES string of the molecule is c1ccc(-c2nc(-c3ccccc3)n(-c3ccc(-c4nc(-c5ccc(-n6c(-c7ccccc7)nc(-c7ccccc7)c6-c6ccccc6)cc5)c5cc(-c6ccc7ccccc7c6)cc(-c6ccc7ccccc7c6)c5n4)cc3)c2-c2ccccc2)cc1. The van der Waals surface area contributed by atoms with Crippen molar-refractivity contribution < 1.29 is 0 Å². The molecule has 0 fully saturated rings. The Kier molecular flexibility index (Phi) is 13.1. The Labute approximate surface area is 510 Å². The highest BCUT2D eigenvalue weighted by atomic mass is 15.1. The minimum atomic E-state index is 0.612. The van der Waals surface area contributed by atoms with Crippen molar-refractivity contribution in [3.63, 3.8) is 0 Å². The molecule has 412 valence electrons. The third-order valence-corrected chi connectivity index (χ3v) is 16.7. The second kappa shape index (κ2) is 22.3. The summed E-state index contributed by atoms with van der Waals surface area (Å²) in [5, 5.41) is 5.65. The van der Waals surface area contributed by atoms with Gasteiger partial charge in [0.1, 0.15) is 11.6 Å². The minimum Gasteiger partial charge on any atom is -0.292 e. The van der Waals surface area contributed by atoms with E-state index in [4.69, 9.17) is 19.9 Å². The normalized spacial score (nSPS) is 11.4. The molecule has 0 aliphatic heterocycles. The lowest BCUT2D eigenvalue weighted by Crippen LogP contribution is -2.02. The van der Waals surface area contributed by atoms with Crippen LogP contribution in [0.4, 0.5) is 0 Å². The van der Waals surface area contributed by atoms with Gasteiger partial charge in [-0.3, -0.25) is 9.13 Å². The molecule has 13 aromatic carbocycles. The van der Waals surface area contributed by atoms with Crippen LogP contribution in [0.1, 0.15) is 0 Å². The van der Waals surface area contributed by atoms with Crippen LogP contribution in [0.3, 0.4) is 0 Å². The minimum absolute atomic E-state index is 0.612. The van der Waals surface area contributed by atoms with Gasteiger partial charge in [-0.1, -0.05) is 267 Å². The van der Waals surface area contributed by atoms with Crippen molar-refractivity contribution in [1.29, 1.82) is 0 Å².